The molecule has 2 aliphatic rings. The van der Waals surface area contributed by atoms with Gasteiger partial charge in [-0.15, -0.1) is 11.3 Å². The molecule has 1 atom stereocenters. The summed E-state index contributed by atoms with van der Waals surface area (Å²) in [5, 5.41) is 11.6. The summed E-state index contributed by atoms with van der Waals surface area (Å²) < 4.78 is 1.07. The standard InChI is InChI=1S/C26H24IN7OS2/c1-15-14-28-24-23-16-3-4-18(30-17(16)5-6-20(23)37-25(24)26(35)29-15)19-13-22(32-21(31-19)7-12-36-27)34-10-8-33(2)9-11-34/h3-6,13,15,28H,8-11,14H2,1-2H3,(H,29,35)/t15-/m1/s1. The number of anilines is 2. The van der Waals surface area contributed by atoms with Crippen LogP contribution in [0.25, 0.3) is 32.4 Å². The van der Waals surface area contributed by atoms with E-state index in [9.17, 15) is 4.79 Å². The largest absolute Gasteiger partial charge is 0.381 e. The predicted octanol–water partition coefficient (Wildman–Crippen LogP) is 4.59. The summed E-state index contributed by atoms with van der Waals surface area (Å²) in [5.74, 6) is 4.43. The van der Waals surface area contributed by atoms with E-state index in [1.165, 1.54) is 20.3 Å². The average Bonchev–Trinajstić information content (AvgIpc) is 3.23. The van der Waals surface area contributed by atoms with Gasteiger partial charge in [-0.2, -0.15) is 0 Å². The SMILES string of the molecule is C[C@@H]1CNc2c(sc3ccc4nc(-c5cc(N6CCN(C)CC6)nc(C#CSI)n5)ccc4c23)C(=O)N1. The van der Waals surface area contributed by atoms with E-state index in [1.807, 2.05) is 25.1 Å². The van der Waals surface area contributed by atoms with Crippen LogP contribution in [-0.2, 0) is 0 Å². The summed E-state index contributed by atoms with van der Waals surface area (Å²) in [5.41, 5.74) is 3.29. The van der Waals surface area contributed by atoms with Gasteiger partial charge in [0.15, 0.2) is 0 Å². The van der Waals surface area contributed by atoms with E-state index >= 15 is 0 Å². The molecule has 6 rings (SSSR count). The van der Waals surface area contributed by atoms with Crippen molar-refractivity contribution >= 4 is 79.9 Å². The number of hydrogen-bond donors (Lipinski definition) is 2. The van der Waals surface area contributed by atoms with Crippen LogP contribution in [0.2, 0.25) is 0 Å². The van der Waals surface area contributed by atoms with Crippen LogP contribution >= 0.6 is 41.5 Å². The Kier molecular flexibility index (Phi) is 6.83. The van der Waals surface area contributed by atoms with Crippen molar-refractivity contribution in [1.82, 2.24) is 25.2 Å². The molecule has 3 aromatic heterocycles. The summed E-state index contributed by atoms with van der Waals surface area (Å²) >= 11 is 3.67. The molecule has 1 amide bonds. The minimum atomic E-state index is -0.0258. The number of carbonyl (C=O) groups excluding carboxylic acids is 1. The smallest absolute Gasteiger partial charge is 0.263 e. The molecule has 37 heavy (non-hydrogen) atoms. The van der Waals surface area contributed by atoms with Gasteiger partial charge in [0.05, 0.1) is 22.6 Å². The molecular weight excluding hydrogens is 617 g/mol. The molecular formula is C26H24IN7OS2. The van der Waals surface area contributed by atoms with Crippen LogP contribution in [0.4, 0.5) is 11.5 Å². The second kappa shape index (κ2) is 10.2. The zero-order valence-electron chi connectivity index (χ0n) is 20.3. The van der Waals surface area contributed by atoms with Gasteiger partial charge in [0.2, 0.25) is 5.82 Å². The van der Waals surface area contributed by atoms with E-state index in [0.29, 0.717) is 12.4 Å². The fourth-order valence-corrected chi connectivity index (χ4v) is 6.31. The van der Waals surface area contributed by atoms with Gasteiger partial charge in [0.1, 0.15) is 10.7 Å². The number of hydrogen-bond acceptors (Lipinski definition) is 9. The van der Waals surface area contributed by atoms with E-state index in [2.05, 4.69) is 72.0 Å². The first-order valence-corrected chi connectivity index (χ1v) is 16.2. The number of pyridine rings is 1. The van der Waals surface area contributed by atoms with E-state index in [-0.39, 0.29) is 11.9 Å². The molecule has 2 aliphatic heterocycles. The van der Waals surface area contributed by atoms with Crippen molar-refractivity contribution in [2.75, 3.05) is 50.0 Å². The normalized spacial score (nSPS) is 18.1. The van der Waals surface area contributed by atoms with Crippen LogP contribution in [0, 0.1) is 11.2 Å². The number of aromatic nitrogens is 3. The van der Waals surface area contributed by atoms with E-state index in [1.54, 1.807) is 0 Å². The first-order chi connectivity index (χ1) is 18.0. The lowest BCUT2D eigenvalue weighted by Gasteiger charge is -2.33. The van der Waals surface area contributed by atoms with Crippen molar-refractivity contribution in [3.63, 3.8) is 0 Å². The van der Waals surface area contributed by atoms with Crippen molar-refractivity contribution in [3.8, 4) is 22.6 Å². The minimum absolute atomic E-state index is 0.0258. The number of thiophene rings is 1. The van der Waals surface area contributed by atoms with Crippen molar-refractivity contribution in [1.29, 1.82) is 0 Å². The lowest BCUT2D eigenvalue weighted by molar-refractivity contribution is 0.0949. The number of piperazine rings is 1. The number of benzene rings is 1. The third-order valence-electron chi connectivity index (χ3n) is 6.69. The highest BCUT2D eigenvalue weighted by molar-refractivity contribution is 14.2. The molecule has 0 radical (unpaired) electrons. The Bertz CT molecular complexity index is 1590. The van der Waals surface area contributed by atoms with Gasteiger partial charge < -0.3 is 20.4 Å². The van der Waals surface area contributed by atoms with Crippen molar-refractivity contribution in [2.24, 2.45) is 0 Å². The first kappa shape index (κ1) is 24.7. The van der Waals surface area contributed by atoms with Crippen LogP contribution in [0.5, 0.6) is 0 Å². The Labute approximate surface area is 235 Å². The van der Waals surface area contributed by atoms with Crippen molar-refractivity contribution in [3.05, 3.63) is 41.0 Å². The Morgan fingerprint density at radius 3 is 2.76 bits per heavy atom. The van der Waals surface area contributed by atoms with Gasteiger partial charge in [-0.05, 0) is 58.3 Å². The monoisotopic (exact) mass is 641 g/mol. The molecule has 5 heterocycles. The summed E-state index contributed by atoms with van der Waals surface area (Å²) in [6, 6.07) is 10.3. The zero-order valence-corrected chi connectivity index (χ0v) is 24.1. The third-order valence-corrected chi connectivity index (χ3v) is 8.69. The lowest BCUT2D eigenvalue weighted by atomic mass is 10.1. The van der Waals surface area contributed by atoms with E-state index < -0.39 is 0 Å². The summed E-state index contributed by atoms with van der Waals surface area (Å²) in [4.78, 5) is 32.6. The Balaban J connectivity index is 1.45. The molecule has 8 nitrogen and oxygen atoms in total. The molecule has 188 valence electrons. The predicted molar refractivity (Wildman–Crippen MR) is 162 cm³/mol. The second-order valence-electron chi connectivity index (χ2n) is 9.29. The van der Waals surface area contributed by atoms with Crippen LogP contribution < -0.4 is 15.5 Å². The molecule has 1 aromatic carbocycles. The molecule has 2 N–H and O–H groups in total. The van der Waals surface area contributed by atoms with E-state index in [0.717, 1.165) is 74.9 Å². The van der Waals surface area contributed by atoms with Crippen molar-refractivity contribution < 1.29 is 4.79 Å². The van der Waals surface area contributed by atoms with Crippen LogP contribution in [-0.4, -0.2) is 71.6 Å². The number of fused-ring (bicyclic) bond motifs is 5. The second-order valence-corrected chi connectivity index (χ2v) is 12.0. The number of amides is 1. The van der Waals surface area contributed by atoms with Gasteiger partial charge in [-0.1, -0.05) is 0 Å². The maximum absolute atomic E-state index is 12.8. The molecule has 0 saturated carbocycles. The maximum atomic E-state index is 12.8. The Morgan fingerprint density at radius 2 is 1.95 bits per heavy atom. The molecule has 1 fully saturated rings. The summed E-state index contributed by atoms with van der Waals surface area (Å²) in [6.07, 6.45) is 0. The molecule has 0 aliphatic carbocycles. The highest BCUT2D eigenvalue weighted by atomic mass is 127. The van der Waals surface area contributed by atoms with E-state index in [4.69, 9.17) is 15.0 Å². The topological polar surface area (TPSA) is 86.3 Å². The maximum Gasteiger partial charge on any atom is 0.263 e. The first-order valence-electron chi connectivity index (χ1n) is 12.0. The van der Waals surface area contributed by atoms with Crippen LogP contribution in [0.15, 0.2) is 30.3 Å². The lowest BCUT2D eigenvalue weighted by Crippen LogP contribution is -2.44. The third kappa shape index (κ3) is 4.83. The summed E-state index contributed by atoms with van der Waals surface area (Å²) in [7, 11) is 3.56. The fourth-order valence-electron chi connectivity index (χ4n) is 4.75. The molecule has 1 saturated heterocycles. The number of halogens is 1. The number of carbonyl (C=O) groups is 1. The molecule has 4 aromatic rings. The molecule has 11 heteroatoms. The quantitative estimate of drug-likeness (QED) is 0.243. The van der Waals surface area contributed by atoms with Crippen molar-refractivity contribution in [2.45, 2.75) is 13.0 Å². The van der Waals surface area contributed by atoms with Gasteiger partial charge >= 0.3 is 0 Å². The minimum Gasteiger partial charge on any atom is -0.381 e. The van der Waals surface area contributed by atoms with Crippen LogP contribution in [0.1, 0.15) is 22.4 Å². The van der Waals surface area contributed by atoms with Gasteiger partial charge in [-0.3, -0.25) is 4.79 Å². The number of rotatable bonds is 2. The zero-order chi connectivity index (χ0) is 25.5. The van der Waals surface area contributed by atoms with Gasteiger partial charge in [0, 0.05) is 81.5 Å². The highest BCUT2D eigenvalue weighted by Crippen LogP contribution is 2.41. The Hall–Kier alpha value is -2.66. The molecule has 0 spiro atoms. The Morgan fingerprint density at radius 1 is 1.11 bits per heavy atom. The number of nitrogens with zero attached hydrogens (tertiary/aromatic N) is 5. The number of likely N-dealkylation sites (N-methyl/N-ethyl adjacent to an activating group) is 1. The van der Waals surface area contributed by atoms with Gasteiger partial charge in [-0.25, -0.2) is 15.0 Å². The van der Waals surface area contributed by atoms with Gasteiger partial charge in [0.25, 0.3) is 5.91 Å². The highest BCUT2D eigenvalue weighted by Gasteiger charge is 2.25. The molecule has 0 bridgehead atoms. The van der Waals surface area contributed by atoms with Crippen LogP contribution in [0.3, 0.4) is 0 Å². The number of nitrogens with one attached hydrogen (secondary N) is 2. The molecule has 0 unspecified atom stereocenters. The summed E-state index contributed by atoms with van der Waals surface area (Å²) in [6.45, 7) is 6.49. The fraction of sp³-hybridized carbons (Fsp3) is 0.308. The average molecular weight is 642 g/mol.